The fourth-order valence-electron chi connectivity index (χ4n) is 2.91. The Morgan fingerprint density at radius 1 is 1.00 bits per heavy atom. The van der Waals surface area contributed by atoms with Crippen molar-refractivity contribution in [1.29, 1.82) is 0 Å². The number of phenols is 1. The van der Waals surface area contributed by atoms with Crippen molar-refractivity contribution in [3.8, 4) is 23.0 Å². The third-order valence-corrected chi connectivity index (χ3v) is 5.67. The Hall–Kier alpha value is -3.29. The molecule has 0 saturated carbocycles. The number of hydrogen-bond donors (Lipinski definition) is 1. The summed E-state index contributed by atoms with van der Waals surface area (Å²) in [7, 11) is 1.48. The Morgan fingerprint density at radius 3 is 2.40 bits per heavy atom. The second-order valence-corrected chi connectivity index (χ2v) is 8.03. The molecule has 0 bridgehead atoms. The zero-order valence-electron chi connectivity index (χ0n) is 15.9. The Morgan fingerprint density at radius 2 is 1.70 bits per heavy atom. The van der Waals surface area contributed by atoms with Crippen LogP contribution in [0.1, 0.15) is 5.56 Å². The van der Waals surface area contributed by atoms with E-state index in [4.69, 9.17) is 21.7 Å². The quantitative estimate of drug-likeness (QED) is 0.416. The highest BCUT2D eigenvalue weighted by Gasteiger charge is 2.33. The van der Waals surface area contributed by atoms with Crippen LogP contribution in [0, 0.1) is 0 Å². The van der Waals surface area contributed by atoms with Gasteiger partial charge in [-0.25, -0.2) is 0 Å². The molecule has 0 aliphatic carbocycles. The topological polar surface area (TPSA) is 59.0 Å². The maximum absolute atomic E-state index is 13.0. The van der Waals surface area contributed by atoms with Crippen LogP contribution in [-0.2, 0) is 4.79 Å². The molecule has 3 aromatic rings. The lowest BCUT2D eigenvalue weighted by molar-refractivity contribution is -0.113. The number of nitrogens with zero attached hydrogens (tertiary/aromatic N) is 1. The standard InChI is InChI=1S/C23H17NO4S2/c1-27-20-13-15(7-12-19(20)25)14-21-22(26)24(23(29)30-21)16-8-10-18(11-9-16)28-17-5-3-2-4-6-17/h2-14,25H,1H3/b21-14-. The molecule has 30 heavy (non-hydrogen) atoms. The third kappa shape index (κ3) is 4.17. The fraction of sp³-hybridized carbons (Fsp3) is 0.0435. The second kappa shape index (κ2) is 8.61. The van der Waals surface area contributed by atoms with Gasteiger partial charge in [0.15, 0.2) is 15.8 Å². The summed E-state index contributed by atoms with van der Waals surface area (Å²) in [4.78, 5) is 14.9. The van der Waals surface area contributed by atoms with E-state index < -0.39 is 0 Å². The number of thioether (sulfide) groups is 1. The number of benzene rings is 3. The average Bonchev–Trinajstić information content (AvgIpc) is 3.04. The van der Waals surface area contributed by atoms with Crippen molar-refractivity contribution >= 4 is 46.0 Å². The lowest BCUT2D eigenvalue weighted by atomic mass is 10.2. The molecule has 1 aliphatic rings. The molecule has 1 aliphatic heterocycles. The first-order valence-corrected chi connectivity index (χ1v) is 10.3. The lowest BCUT2D eigenvalue weighted by Crippen LogP contribution is -2.27. The van der Waals surface area contributed by atoms with Gasteiger partial charge >= 0.3 is 0 Å². The summed E-state index contributed by atoms with van der Waals surface area (Å²) in [5.41, 5.74) is 1.40. The number of ether oxygens (including phenoxy) is 2. The Kier molecular flexibility index (Phi) is 5.74. The minimum absolute atomic E-state index is 0.0417. The first kappa shape index (κ1) is 20.0. The number of hydrogen-bond acceptors (Lipinski definition) is 6. The Bertz CT molecular complexity index is 1130. The molecule has 0 spiro atoms. The van der Waals surface area contributed by atoms with Crippen LogP contribution in [0.3, 0.4) is 0 Å². The molecule has 3 aromatic carbocycles. The molecular formula is C23H17NO4S2. The number of anilines is 1. The van der Waals surface area contributed by atoms with Gasteiger partial charge in [0.2, 0.25) is 0 Å². The Balaban J connectivity index is 1.54. The van der Waals surface area contributed by atoms with Gasteiger partial charge in [0.25, 0.3) is 5.91 Å². The molecule has 0 radical (unpaired) electrons. The van der Waals surface area contributed by atoms with Gasteiger partial charge in [-0.2, -0.15) is 0 Å². The number of thiocarbonyl (C=S) groups is 1. The molecular weight excluding hydrogens is 418 g/mol. The number of carbonyl (C=O) groups excluding carboxylic acids is 1. The van der Waals surface area contributed by atoms with Crippen LogP contribution in [0.5, 0.6) is 23.0 Å². The van der Waals surface area contributed by atoms with Gasteiger partial charge in [0.05, 0.1) is 17.7 Å². The van der Waals surface area contributed by atoms with Crippen LogP contribution in [0.2, 0.25) is 0 Å². The molecule has 1 amide bonds. The summed E-state index contributed by atoms with van der Waals surface area (Å²) < 4.78 is 11.4. The second-order valence-electron chi connectivity index (χ2n) is 6.36. The highest BCUT2D eigenvalue weighted by molar-refractivity contribution is 8.27. The van der Waals surface area contributed by atoms with E-state index in [1.54, 1.807) is 42.5 Å². The van der Waals surface area contributed by atoms with E-state index >= 15 is 0 Å². The zero-order valence-corrected chi connectivity index (χ0v) is 17.6. The molecule has 150 valence electrons. The summed E-state index contributed by atoms with van der Waals surface area (Å²) in [6, 6.07) is 21.6. The predicted octanol–water partition coefficient (Wildman–Crippen LogP) is 5.60. The van der Waals surface area contributed by atoms with Crippen LogP contribution in [0.4, 0.5) is 5.69 Å². The van der Waals surface area contributed by atoms with Crippen LogP contribution in [0.15, 0.2) is 77.7 Å². The van der Waals surface area contributed by atoms with Gasteiger partial charge in [-0.3, -0.25) is 9.69 Å². The summed E-state index contributed by atoms with van der Waals surface area (Å²) in [5, 5.41) is 9.74. The number of methoxy groups -OCH3 is 1. The van der Waals surface area contributed by atoms with E-state index in [9.17, 15) is 9.90 Å². The van der Waals surface area contributed by atoms with Crippen molar-refractivity contribution in [3.63, 3.8) is 0 Å². The van der Waals surface area contributed by atoms with Crippen molar-refractivity contribution in [3.05, 3.63) is 83.3 Å². The summed E-state index contributed by atoms with van der Waals surface area (Å²) in [6.07, 6.45) is 1.73. The predicted molar refractivity (Wildman–Crippen MR) is 123 cm³/mol. The third-order valence-electron chi connectivity index (χ3n) is 4.37. The minimum Gasteiger partial charge on any atom is -0.504 e. The zero-order chi connectivity index (χ0) is 21.1. The minimum atomic E-state index is -0.200. The Labute approximate surface area is 183 Å². The first-order valence-electron chi connectivity index (χ1n) is 9.03. The molecule has 0 unspecified atom stereocenters. The molecule has 0 atom stereocenters. The van der Waals surface area contributed by atoms with Gasteiger partial charge in [-0.05, 0) is 60.2 Å². The number of carbonyl (C=O) groups is 1. The SMILES string of the molecule is COc1cc(/C=C2\SC(=S)N(c3ccc(Oc4ccccc4)cc3)C2=O)ccc1O. The van der Waals surface area contributed by atoms with E-state index in [2.05, 4.69) is 0 Å². The van der Waals surface area contributed by atoms with Crippen LogP contribution in [0.25, 0.3) is 6.08 Å². The largest absolute Gasteiger partial charge is 0.504 e. The number of para-hydroxylation sites is 1. The van der Waals surface area contributed by atoms with Crippen LogP contribution >= 0.6 is 24.0 Å². The summed E-state index contributed by atoms with van der Waals surface area (Å²) in [5.74, 6) is 1.59. The molecule has 0 aromatic heterocycles. The molecule has 4 rings (SSSR count). The molecule has 1 N–H and O–H groups in total. The van der Waals surface area contributed by atoms with Crippen molar-refractivity contribution in [2.24, 2.45) is 0 Å². The highest BCUT2D eigenvalue weighted by Crippen LogP contribution is 2.37. The first-order chi connectivity index (χ1) is 14.5. The smallest absolute Gasteiger partial charge is 0.270 e. The van der Waals surface area contributed by atoms with E-state index in [0.29, 0.717) is 26.4 Å². The van der Waals surface area contributed by atoms with Crippen molar-refractivity contribution in [1.82, 2.24) is 0 Å². The van der Waals surface area contributed by atoms with Gasteiger partial charge in [-0.15, -0.1) is 0 Å². The molecule has 7 heteroatoms. The van der Waals surface area contributed by atoms with E-state index in [1.165, 1.54) is 29.8 Å². The maximum Gasteiger partial charge on any atom is 0.270 e. The monoisotopic (exact) mass is 435 g/mol. The van der Waals surface area contributed by atoms with Crippen LogP contribution < -0.4 is 14.4 Å². The summed E-state index contributed by atoms with van der Waals surface area (Å²) >= 11 is 6.66. The van der Waals surface area contributed by atoms with Crippen molar-refractivity contribution in [2.45, 2.75) is 0 Å². The van der Waals surface area contributed by atoms with E-state index in [1.807, 2.05) is 30.3 Å². The molecule has 1 heterocycles. The van der Waals surface area contributed by atoms with Crippen molar-refractivity contribution < 1.29 is 19.4 Å². The normalized spacial score (nSPS) is 15.0. The van der Waals surface area contributed by atoms with Gasteiger partial charge < -0.3 is 14.6 Å². The number of phenolic OH excluding ortho intramolecular Hbond substituents is 1. The van der Waals surface area contributed by atoms with Gasteiger partial charge in [0.1, 0.15) is 11.5 Å². The lowest BCUT2D eigenvalue weighted by Gasteiger charge is -2.15. The van der Waals surface area contributed by atoms with Crippen molar-refractivity contribution in [2.75, 3.05) is 12.0 Å². The average molecular weight is 436 g/mol. The van der Waals surface area contributed by atoms with Gasteiger partial charge in [-0.1, -0.05) is 48.2 Å². The van der Waals surface area contributed by atoms with E-state index in [0.717, 1.165) is 11.3 Å². The molecule has 1 saturated heterocycles. The highest BCUT2D eigenvalue weighted by atomic mass is 32.2. The summed E-state index contributed by atoms with van der Waals surface area (Å²) in [6.45, 7) is 0. The number of aromatic hydroxyl groups is 1. The van der Waals surface area contributed by atoms with E-state index in [-0.39, 0.29) is 11.7 Å². The maximum atomic E-state index is 13.0. The number of rotatable bonds is 5. The van der Waals surface area contributed by atoms with Gasteiger partial charge in [0, 0.05) is 0 Å². The number of amides is 1. The molecule has 5 nitrogen and oxygen atoms in total. The molecule has 1 fully saturated rings. The fourth-order valence-corrected chi connectivity index (χ4v) is 4.21. The van der Waals surface area contributed by atoms with Crippen LogP contribution in [-0.4, -0.2) is 22.4 Å².